The van der Waals surface area contributed by atoms with Gasteiger partial charge in [-0.05, 0) is 64.9 Å². The van der Waals surface area contributed by atoms with Crippen molar-refractivity contribution in [2.24, 2.45) is 0 Å². The minimum Gasteiger partial charge on any atom is -0.462 e. The van der Waals surface area contributed by atoms with Crippen molar-refractivity contribution in [2.75, 3.05) is 23.8 Å². The van der Waals surface area contributed by atoms with Crippen LogP contribution in [0.4, 0.5) is 10.7 Å². The first-order valence-corrected chi connectivity index (χ1v) is 12.5. The summed E-state index contributed by atoms with van der Waals surface area (Å²) in [5.74, 6) is -1.02. The molecule has 1 aromatic carbocycles. The highest BCUT2D eigenvalue weighted by Gasteiger charge is 2.27. The number of hydrogen-bond acceptors (Lipinski definition) is 7. The van der Waals surface area contributed by atoms with Gasteiger partial charge in [0.05, 0.1) is 42.4 Å². The largest absolute Gasteiger partial charge is 0.462 e. The lowest BCUT2D eigenvalue weighted by atomic mass is 10.1. The number of ether oxygens (including phenoxy) is 2. The summed E-state index contributed by atoms with van der Waals surface area (Å²) in [7, 11) is 0. The van der Waals surface area contributed by atoms with Crippen LogP contribution in [0.5, 0.6) is 0 Å². The van der Waals surface area contributed by atoms with Crippen LogP contribution in [0.2, 0.25) is 0 Å². The van der Waals surface area contributed by atoms with E-state index in [1.54, 1.807) is 20.8 Å². The number of thiocarbonyl (C=S) groups is 1. The van der Waals surface area contributed by atoms with Gasteiger partial charge in [0.1, 0.15) is 9.88 Å². The lowest BCUT2D eigenvalue weighted by molar-refractivity contribution is 0.0527. The summed E-state index contributed by atoms with van der Waals surface area (Å²) >= 11 is 6.66. The van der Waals surface area contributed by atoms with Crippen LogP contribution < -0.4 is 10.6 Å². The zero-order chi connectivity index (χ0) is 25.7. The Labute approximate surface area is 214 Å². The number of aromatic nitrogens is 2. The first-order chi connectivity index (χ1) is 16.7. The second kappa shape index (κ2) is 11.5. The topological polar surface area (TPSA) is 94.5 Å². The molecule has 0 aliphatic heterocycles. The number of anilines is 2. The van der Waals surface area contributed by atoms with Gasteiger partial charge < -0.3 is 20.1 Å². The van der Waals surface area contributed by atoms with Crippen molar-refractivity contribution in [1.82, 2.24) is 9.78 Å². The fourth-order valence-corrected chi connectivity index (χ4v) is 4.95. The molecule has 35 heavy (non-hydrogen) atoms. The summed E-state index contributed by atoms with van der Waals surface area (Å²) in [6, 6.07) is 8.33. The molecule has 0 radical (unpaired) electrons. The van der Waals surface area contributed by atoms with Crippen molar-refractivity contribution >= 4 is 51.3 Å². The summed E-state index contributed by atoms with van der Waals surface area (Å²) in [5, 5.41) is 11.6. The van der Waals surface area contributed by atoms with Crippen molar-refractivity contribution in [1.29, 1.82) is 0 Å². The molecule has 0 fully saturated rings. The summed E-state index contributed by atoms with van der Waals surface area (Å²) in [6.45, 7) is 12.2. The molecule has 3 aromatic rings. The molecule has 0 atom stereocenters. The Morgan fingerprint density at radius 3 is 2.26 bits per heavy atom. The van der Waals surface area contributed by atoms with Crippen LogP contribution in [0, 0.1) is 27.7 Å². The maximum absolute atomic E-state index is 12.6. The van der Waals surface area contributed by atoms with E-state index in [2.05, 4.69) is 46.9 Å². The summed E-state index contributed by atoms with van der Waals surface area (Å²) in [5.41, 5.74) is 5.62. The van der Waals surface area contributed by atoms with Crippen LogP contribution >= 0.6 is 23.6 Å². The highest BCUT2D eigenvalue weighted by molar-refractivity contribution is 7.80. The number of carbonyl (C=O) groups is 2. The number of nitrogens with one attached hydrogen (secondary N) is 2. The van der Waals surface area contributed by atoms with Gasteiger partial charge in [0, 0.05) is 0 Å². The maximum Gasteiger partial charge on any atom is 0.348 e. The van der Waals surface area contributed by atoms with Gasteiger partial charge in [-0.1, -0.05) is 29.8 Å². The lowest BCUT2D eigenvalue weighted by Crippen LogP contribution is -2.21. The van der Waals surface area contributed by atoms with Crippen LogP contribution in [0.25, 0.3) is 0 Å². The van der Waals surface area contributed by atoms with Gasteiger partial charge in [0.15, 0.2) is 5.11 Å². The molecular weight excluding hydrogens is 484 g/mol. The van der Waals surface area contributed by atoms with E-state index in [-0.39, 0.29) is 23.9 Å². The summed E-state index contributed by atoms with van der Waals surface area (Å²) in [6.07, 6.45) is 0. The van der Waals surface area contributed by atoms with E-state index in [0.29, 0.717) is 22.0 Å². The smallest absolute Gasteiger partial charge is 0.348 e. The predicted molar refractivity (Wildman–Crippen MR) is 143 cm³/mol. The molecule has 2 aromatic heterocycles. The third kappa shape index (κ3) is 6.07. The summed E-state index contributed by atoms with van der Waals surface area (Å²) in [4.78, 5) is 25.4. The minimum absolute atomic E-state index is 0.212. The van der Waals surface area contributed by atoms with E-state index in [1.165, 1.54) is 5.56 Å². The molecule has 3 rings (SSSR count). The van der Waals surface area contributed by atoms with Gasteiger partial charge in [-0.25, -0.2) is 9.59 Å². The first kappa shape index (κ1) is 26.4. The van der Waals surface area contributed by atoms with Crippen molar-refractivity contribution in [3.05, 3.63) is 62.8 Å². The average Bonchev–Trinajstić information content (AvgIpc) is 3.26. The molecule has 186 valence electrons. The highest BCUT2D eigenvalue weighted by atomic mass is 32.1. The fourth-order valence-electron chi connectivity index (χ4n) is 3.59. The number of rotatable bonds is 8. The van der Waals surface area contributed by atoms with E-state index in [0.717, 1.165) is 34.0 Å². The molecule has 10 heteroatoms. The number of esters is 2. The number of carbonyl (C=O) groups excluding carboxylic acids is 2. The normalized spacial score (nSPS) is 10.7. The van der Waals surface area contributed by atoms with Crippen molar-refractivity contribution in [3.8, 4) is 0 Å². The van der Waals surface area contributed by atoms with Gasteiger partial charge in [-0.15, -0.1) is 11.3 Å². The zero-order valence-electron chi connectivity index (χ0n) is 20.8. The molecule has 0 bridgehead atoms. The van der Waals surface area contributed by atoms with Crippen molar-refractivity contribution < 1.29 is 19.1 Å². The zero-order valence-corrected chi connectivity index (χ0v) is 22.4. The Kier molecular flexibility index (Phi) is 8.63. The average molecular weight is 515 g/mol. The van der Waals surface area contributed by atoms with Gasteiger partial charge in [-0.3, -0.25) is 4.68 Å². The maximum atomic E-state index is 12.6. The molecule has 0 unspecified atom stereocenters. The number of thiophene rings is 1. The first-order valence-electron chi connectivity index (χ1n) is 11.3. The monoisotopic (exact) mass is 514 g/mol. The van der Waals surface area contributed by atoms with Crippen LogP contribution in [-0.4, -0.2) is 40.0 Å². The number of benzene rings is 1. The molecule has 2 heterocycles. The SMILES string of the molecule is CCOC(=O)c1sc(NC(=S)Nc2c(C)nn(Cc3ccc(C)cc3)c2C)c(C(=O)OCC)c1C. The van der Waals surface area contributed by atoms with E-state index in [9.17, 15) is 9.59 Å². The Hall–Kier alpha value is -3.24. The van der Waals surface area contributed by atoms with E-state index in [4.69, 9.17) is 21.7 Å². The Bertz CT molecular complexity index is 1250. The number of aryl methyl sites for hydroxylation is 2. The van der Waals surface area contributed by atoms with E-state index in [1.807, 2.05) is 18.5 Å². The van der Waals surface area contributed by atoms with Crippen LogP contribution in [0.3, 0.4) is 0 Å². The van der Waals surface area contributed by atoms with E-state index < -0.39 is 11.9 Å². The van der Waals surface area contributed by atoms with Crippen molar-refractivity contribution in [2.45, 2.75) is 48.1 Å². The second-order valence-electron chi connectivity index (χ2n) is 7.97. The van der Waals surface area contributed by atoms with Gasteiger partial charge in [0.2, 0.25) is 0 Å². The number of nitrogens with zero attached hydrogens (tertiary/aromatic N) is 2. The molecule has 0 aliphatic rings. The van der Waals surface area contributed by atoms with Crippen LogP contribution in [0.1, 0.15) is 62.0 Å². The third-order valence-electron chi connectivity index (χ3n) is 5.39. The summed E-state index contributed by atoms with van der Waals surface area (Å²) < 4.78 is 12.3. The minimum atomic E-state index is -0.527. The van der Waals surface area contributed by atoms with Crippen LogP contribution in [0.15, 0.2) is 24.3 Å². The fraction of sp³-hybridized carbons (Fsp3) is 0.360. The molecule has 0 amide bonds. The molecule has 0 spiro atoms. The third-order valence-corrected chi connectivity index (χ3v) is 6.78. The number of hydrogen-bond donors (Lipinski definition) is 2. The molecule has 2 N–H and O–H groups in total. The van der Waals surface area contributed by atoms with Gasteiger partial charge in [-0.2, -0.15) is 5.10 Å². The van der Waals surface area contributed by atoms with Gasteiger partial charge >= 0.3 is 11.9 Å². The Balaban J connectivity index is 1.83. The standard InChI is InChI=1S/C25H30N4O4S2/c1-7-32-23(30)19-15(4)21(24(31)33-8-2)35-22(19)27-25(34)26-20-16(5)28-29(17(20)6)13-18-11-9-14(3)10-12-18/h9-12H,7-8,13H2,1-6H3,(H2,26,27,34). The quantitative estimate of drug-likeness (QED) is 0.305. The van der Waals surface area contributed by atoms with Gasteiger partial charge in [0.25, 0.3) is 0 Å². The Morgan fingerprint density at radius 1 is 1.00 bits per heavy atom. The van der Waals surface area contributed by atoms with E-state index >= 15 is 0 Å². The Morgan fingerprint density at radius 2 is 1.63 bits per heavy atom. The molecule has 0 aliphatic carbocycles. The molecular formula is C25H30N4O4S2. The lowest BCUT2D eigenvalue weighted by Gasteiger charge is -2.12. The highest BCUT2D eigenvalue weighted by Crippen LogP contribution is 2.34. The van der Waals surface area contributed by atoms with Crippen LogP contribution in [-0.2, 0) is 16.0 Å². The second-order valence-corrected chi connectivity index (χ2v) is 9.40. The molecule has 0 saturated heterocycles. The van der Waals surface area contributed by atoms with Crippen molar-refractivity contribution in [3.63, 3.8) is 0 Å². The predicted octanol–water partition coefficient (Wildman–Crippen LogP) is 5.39. The molecule has 8 nitrogen and oxygen atoms in total. The molecule has 0 saturated carbocycles.